The summed E-state index contributed by atoms with van der Waals surface area (Å²) in [6, 6.07) is 12.6. The molecule has 2 amide bonds. The number of nitrogens with zero attached hydrogens (tertiary/aromatic N) is 1. The average Bonchev–Trinajstić information content (AvgIpc) is 2.44. The summed E-state index contributed by atoms with van der Waals surface area (Å²) in [5.41, 5.74) is 7.06. The van der Waals surface area contributed by atoms with Crippen molar-refractivity contribution in [3.05, 3.63) is 54.3 Å². The molecular weight excluding hydrogens is 257 g/mol. The van der Waals surface area contributed by atoms with Gasteiger partial charge in [0.2, 0.25) is 0 Å². The number of carbonyl (C=O) groups excluding carboxylic acids is 1. The molecule has 0 fully saturated rings. The van der Waals surface area contributed by atoms with Gasteiger partial charge < -0.3 is 11.1 Å². The molecule has 0 radical (unpaired) electrons. The zero-order chi connectivity index (χ0) is 14.5. The first-order valence-corrected chi connectivity index (χ1v) is 6.30. The number of hydrogen-bond acceptors (Lipinski definition) is 2. The quantitative estimate of drug-likeness (QED) is 0.841. The molecule has 20 heavy (non-hydrogen) atoms. The second kappa shape index (κ2) is 6.06. The van der Waals surface area contributed by atoms with Crippen molar-refractivity contribution in [1.82, 2.24) is 0 Å². The van der Waals surface area contributed by atoms with Crippen molar-refractivity contribution in [2.75, 3.05) is 22.5 Å². The molecule has 0 saturated heterocycles. The highest BCUT2D eigenvalue weighted by Crippen LogP contribution is 2.20. The monoisotopic (exact) mass is 273 g/mol. The normalized spacial score (nSPS) is 10.1. The summed E-state index contributed by atoms with van der Waals surface area (Å²) in [4.78, 5) is 13.5. The van der Waals surface area contributed by atoms with Gasteiger partial charge in [-0.1, -0.05) is 12.1 Å². The summed E-state index contributed by atoms with van der Waals surface area (Å²) in [5.74, 6) is -0.429. The van der Waals surface area contributed by atoms with E-state index in [0.717, 1.165) is 0 Å². The highest BCUT2D eigenvalue weighted by molar-refractivity contribution is 6.01. The SMILES string of the molecule is CCN(C(=O)Nc1ccc(N)cc1)c1ccccc1F. The predicted molar refractivity (Wildman–Crippen MR) is 79.3 cm³/mol. The van der Waals surface area contributed by atoms with Crippen molar-refractivity contribution in [2.45, 2.75) is 6.92 Å². The molecule has 0 aliphatic heterocycles. The van der Waals surface area contributed by atoms with Crippen LogP contribution in [0.3, 0.4) is 0 Å². The van der Waals surface area contributed by atoms with E-state index in [1.165, 1.54) is 11.0 Å². The number of halogens is 1. The van der Waals surface area contributed by atoms with Crippen molar-refractivity contribution < 1.29 is 9.18 Å². The number of para-hydroxylation sites is 1. The molecule has 3 N–H and O–H groups in total. The Labute approximate surface area is 117 Å². The number of anilines is 3. The van der Waals surface area contributed by atoms with E-state index in [1.807, 2.05) is 0 Å². The van der Waals surface area contributed by atoms with Gasteiger partial charge in [-0.3, -0.25) is 4.90 Å². The summed E-state index contributed by atoms with van der Waals surface area (Å²) in [6.07, 6.45) is 0. The van der Waals surface area contributed by atoms with Crippen LogP contribution in [0.25, 0.3) is 0 Å². The number of nitrogens with two attached hydrogens (primary N) is 1. The minimum atomic E-state index is -0.429. The van der Waals surface area contributed by atoms with E-state index < -0.39 is 5.82 Å². The van der Waals surface area contributed by atoms with Crippen LogP contribution in [0.1, 0.15) is 6.92 Å². The molecule has 5 heteroatoms. The maximum absolute atomic E-state index is 13.7. The topological polar surface area (TPSA) is 58.4 Å². The van der Waals surface area contributed by atoms with Crippen LogP contribution in [0.5, 0.6) is 0 Å². The van der Waals surface area contributed by atoms with Crippen LogP contribution in [0.2, 0.25) is 0 Å². The standard InChI is InChI=1S/C15H16FN3O/c1-2-19(14-6-4-3-5-13(14)16)15(20)18-12-9-7-11(17)8-10-12/h3-10H,2,17H2,1H3,(H,18,20). The maximum atomic E-state index is 13.7. The number of nitrogens with one attached hydrogen (secondary N) is 1. The lowest BCUT2D eigenvalue weighted by molar-refractivity contribution is 0.257. The van der Waals surface area contributed by atoms with Crippen molar-refractivity contribution in [3.8, 4) is 0 Å². The van der Waals surface area contributed by atoms with Crippen LogP contribution in [0.4, 0.5) is 26.2 Å². The van der Waals surface area contributed by atoms with Gasteiger partial charge in [-0.2, -0.15) is 0 Å². The van der Waals surface area contributed by atoms with Gasteiger partial charge in [0.1, 0.15) is 5.82 Å². The molecular formula is C15H16FN3O. The van der Waals surface area contributed by atoms with E-state index in [0.29, 0.717) is 17.9 Å². The zero-order valence-corrected chi connectivity index (χ0v) is 11.1. The second-order valence-corrected chi connectivity index (χ2v) is 4.25. The fraction of sp³-hybridized carbons (Fsp3) is 0.133. The van der Waals surface area contributed by atoms with Gasteiger partial charge in [-0.05, 0) is 43.3 Å². The fourth-order valence-corrected chi connectivity index (χ4v) is 1.85. The number of amides is 2. The van der Waals surface area contributed by atoms with Crippen LogP contribution >= 0.6 is 0 Å². The number of carbonyl (C=O) groups is 1. The molecule has 0 aliphatic rings. The molecule has 0 heterocycles. The van der Waals surface area contributed by atoms with E-state index in [-0.39, 0.29) is 11.7 Å². The van der Waals surface area contributed by atoms with Gasteiger partial charge in [-0.15, -0.1) is 0 Å². The number of nitrogen functional groups attached to an aromatic ring is 1. The number of benzene rings is 2. The maximum Gasteiger partial charge on any atom is 0.326 e. The third kappa shape index (κ3) is 3.06. The van der Waals surface area contributed by atoms with Crippen LogP contribution in [0.15, 0.2) is 48.5 Å². The lowest BCUT2D eigenvalue weighted by Gasteiger charge is -2.22. The molecule has 4 nitrogen and oxygen atoms in total. The summed E-state index contributed by atoms with van der Waals surface area (Å²) >= 11 is 0. The minimum absolute atomic E-state index is 0.253. The zero-order valence-electron chi connectivity index (χ0n) is 11.1. The van der Waals surface area contributed by atoms with E-state index in [4.69, 9.17) is 5.73 Å². The Bertz CT molecular complexity index is 598. The summed E-state index contributed by atoms with van der Waals surface area (Å²) in [6.45, 7) is 2.15. The Morgan fingerprint density at radius 1 is 1.20 bits per heavy atom. The Hall–Kier alpha value is -2.56. The highest BCUT2D eigenvalue weighted by atomic mass is 19.1. The van der Waals surface area contributed by atoms with Gasteiger partial charge in [0.25, 0.3) is 0 Å². The third-order valence-electron chi connectivity index (χ3n) is 2.87. The molecule has 0 bridgehead atoms. The molecule has 0 saturated carbocycles. The second-order valence-electron chi connectivity index (χ2n) is 4.25. The molecule has 2 aromatic carbocycles. The third-order valence-corrected chi connectivity index (χ3v) is 2.87. The first-order valence-electron chi connectivity index (χ1n) is 6.30. The Morgan fingerprint density at radius 3 is 2.45 bits per heavy atom. The van der Waals surface area contributed by atoms with E-state index in [1.54, 1.807) is 49.4 Å². The largest absolute Gasteiger partial charge is 0.399 e. The van der Waals surface area contributed by atoms with Crippen molar-refractivity contribution in [2.24, 2.45) is 0 Å². The Kier molecular flexibility index (Phi) is 4.20. The van der Waals surface area contributed by atoms with Crippen LogP contribution < -0.4 is 16.0 Å². The molecule has 104 valence electrons. The fourth-order valence-electron chi connectivity index (χ4n) is 1.85. The summed E-state index contributed by atoms with van der Waals surface area (Å²) < 4.78 is 13.7. The van der Waals surface area contributed by atoms with Gasteiger partial charge in [-0.25, -0.2) is 9.18 Å². The molecule has 2 aromatic rings. The van der Waals surface area contributed by atoms with Gasteiger partial charge in [0.15, 0.2) is 0 Å². The number of rotatable bonds is 3. The molecule has 0 aliphatic carbocycles. The molecule has 2 rings (SSSR count). The van der Waals surface area contributed by atoms with Crippen molar-refractivity contribution in [1.29, 1.82) is 0 Å². The van der Waals surface area contributed by atoms with Crippen LogP contribution in [-0.2, 0) is 0 Å². The predicted octanol–water partition coefficient (Wildman–Crippen LogP) is 3.47. The van der Waals surface area contributed by atoms with Crippen molar-refractivity contribution in [3.63, 3.8) is 0 Å². The minimum Gasteiger partial charge on any atom is -0.399 e. The Balaban J connectivity index is 2.18. The smallest absolute Gasteiger partial charge is 0.326 e. The summed E-state index contributed by atoms with van der Waals surface area (Å²) in [5, 5.41) is 2.71. The van der Waals surface area contributed by atoms with Crippen LogP contribution in [0, 0.1) is 5.82 Å². The van der Waals surface area contributed by atoms with Gasteiger partial charge in [0, 0.05) is 17.9 Å². The first kappa shape index (κ1) is 13.9. The lowest BCUT2D eigenvalue weighted by Crippen LogP contribution is -2.35. The molecule has 0 aromatic heterocycles. The number of urea groups is 1. The lowest BCUT2D eigenvalue weighted by atomic mass is 10.2. The highest BCUT2D eigenvalue weighted by Gasteiger charge is 2.16. The van der Waals surface area contributed by atoms with Gasteiger partial charge in [0.05, 0.1) is 5.69 Å². The van der Waals surface area contributed by atoms with E-state index in [9.17, 15) is 9.18 Å². The number of hydrogen-bond donors (Lipinski definition) is 2. The van der Waals surface area contributed by atoms with Crippen LogP contribution in [-0.4, -0.2) is 12.6 Å². The van der Waals surface area contributed by atoms with Crippen molar-refractivity contribution >= 4 is 23.1 Å². The van der Waals surface area contributed by atoms with E-state index >= 15 is 0 Å². The molecule has 0 spiro atoms. The molecule has 0 atom stereocenters. The Morgan fingerprint density at radius 2 is 1.85 bits per heavy atom. The van der Waals surface area contributed by atoms with Gasteiger partial charge >= 0.3 is 6.03 Å². The first-order chi connectivity index (χ1) is 9.61. The summed E-state index contributed by atoms with van der Waals surface area (Å²) in [7, 11) is 0. The van der Waals surface area contributed by atoms with E-state index in [2.05, 4.69) is 5.32 Å². The molecule has 0 unspecified atom stereocenters. The average molecular weight is 273 g/mol.